The standard InChI is InChI=1S/C34H31N7O3/c1-38(34(43)44-21-24-5-3-2-4-6-24)16-28-19-39(20-32(28)42)29-11-12-30-27(13-29)18-40-17-26(25-9-7-23(15-35)8-10-25)14-31(40)33-37-36-22-41(30)33/h2-14,17,22,28,32,42H,16,18-21H2,1H3/t28-,32-/m0/s1. The van der Waals surface area contributed by atoms with Crippen LogP contribution in [0.4, 0.5) is 10.5 Å². The molecule has 1 saturated heterocycles. The quantitative estimate of drug-likeness (QED) is 0.302. The van der Waals surface area contributed by atoms with Crippen LogP contribution in [0, 0.1) is 17.2 Å². The second-order valence-electron chi connectivity index (χ2n) is 11.4. The van der Waals surface area contributed by atoms with Gasteiger partial charge < -0.3 is 24.2 Å². The number of fused-ring (bicyclic) bond motifs is 5. The van der Waals surface area contributed by atoms with Gasteiger partial charge >= 0.3 is 6.09 Å². The number of aromatic nitrogens is 4. The molecule has 2 aliphatic rings. The van der Waals surface area contributed by atoms with Gasteiger partial charge in [-0.05, 0) is 53.1 Å². The number of β-amino-alcohol motifs (C(OH)–C–C–N with tert-alkyl or cyclic N) is 1. The SMILES string of the molecule is CN(C[C@H]1CN(c2ccc3c(c2)Cn2cc(-c4ccc(C#N)cc4)cc2-c2nncn2-3)C[C@@H]1O)C(=O)OCc1ccccc1. The molecule has 4 heterocycles. The fourth-order valence-electron chi connectivity index (χ4n) is 6.12. The number of hydrogen-bond donors (Lipinski definition) is 1. The van der Waals surface area contributed by atoms with Crippen molar-refractivity contribution in [2.24, 2.45) is 5.92 Å². The summed E-state index contributed by atoms with van der Waals surface area (Å²) in [5.41, 5.74) is 7.69. The van der Waals surface area contributed by atoms with Crippen molar-refractivity contribution in [3.63, 3.8) is 0 Å². The predicted molar refractivity (Wildman–Crippen MR) is 165 cm³/mol. The predicted octanol–water partition coefficient (Wildman–Crippen LogP) is 4.70. The summed E-state index contributed by atoms with van der Waals surface area (Å²) in [6, 6.07) is 27.8. The fourth-order valence-corrected chi connectivity index (χ4v) is 6.12. The summed E-state index contributed by atoms with van der Waals surface area (Å²) < 4.78 is 9.67. The summed E-state index contributed by atoms with van der Waals surface area (Å²) in [7, 11) is 1.71. The number of rotatable bonds is 6. The third-order valence-electron chi connectivity index (χ3n) is 8.48. The number of nitrogens with zero attached hydrogens (tertiary/aromatic N) is 7. The topological polar surface area (TPSA) is 112 Å². The first-order chi connectivity index (χ1) is 21.5. The number of hydrogen-bond acceptors (Lipinski definition) is 7. The van der Waals surface area contributed by atoms with Gasteiger partial charge in [0.15, 0.2) is 5.82 Å². The maximum atomic E-state index is 12.6. The molecule has 1 amide bonds. The van der Waals surface area contributed by atoms with Crippen molar-refractivity contribution in [2.45, 2.75) is 19.3 Å². The van der Waals surface area contributed by atoms with Crippen molar-refractivity contribution < 1.29 is 14.6 Å². The van der Waals surface area contributed by atoms with Crippen molar-refractivity contribution in [1.29, 1.82) is 5.26 Å². The number of aliphatic hydroxyl groups excluding tert-OH is 1. The van der Waals surface area contributed by atoms with Crippen LogP contribution >= 0.6 is 0 Å². The van der Waals surface area contributed by atoms with E-state index in [4.69, 9.17) is 4.74 Å². The van der Waals surface area contributed by atoms with Gasteiger partial charge in [0.25, 0.3) is 0 Å². The lowest BCUT2D eigenvalue weighted by Crippen LogP contribution is -2.36. The van der Waals surface area contributed by atoms with Crippen LogP contribution in [0.5, 0.6) is 0 Å². The first kappa shape index (κ1) is 27.4. The highest BCUT2D eigenvalue weighted by atomic mass is 16.6. The maximum Gasteiger partial charge on any atom is 0.409 e. The number of ether oxygens (including phenoxy) is 1. The van der Waals surface area contributed by atoms with E-state index >= 15 is 0 Å². The molecule has 2 aliphatic heterocycles. The first-order valence-corrected chi connectivity index (χ1v) is 14.6. The molecule has 2 atom stereocenters. The molecule has 10 heteroatoms. The Morgan fingerprint density at radius 1 is 1.07 bits per heavy atom. The molecule has 10 nitrogen and oxygen atoms in total. The van der Waals surface area contributed by atoms with Crippen LogP contribution in [0.25, 0.3) is 28.3 Å². The summed E-state index contributed by atoms with van der Waals surface area (Å²) >= 11 is 0. The summed E-state index contributed by atoms with van der Waals surface area (Å²) in [5, 5.41) is 28.8. The summed E-state index contributed by atoms with van der Waals surface area (Å²) in [6.45, 7) is 2.33. The Morgan fingerprint density at radius 3 is 2.68 bits per heavy atom. The van der Waals surface area contributed by atoms with Crippen LogP contribution in [0.1, 0.15) is 16.7 Å². The van der Waals surface area contributed by atoms with Gasteiger partial charge in [-0.15, -0.1) is 10.2 Å². The highest BCUT2D eigenvalue weighted by molar-refractivity contribution is 5.72. The van der Waals surface area contributed by atoms with E-state index in [9.17, 15) is 15.2 Å². The summed E-state index contributed by atoms with van der Waals surface area (Å²) in [4.78, 5) is 16.4. The van der Waals surface area contributed by atoms with Crippen molar-refractivity contribution in [3.05, 3.63) is 108 Å². The Balaban J connectivity index is 1.08. The molecule has 220 valence electrons. The molecule has 5 aromatic rings. The van der Waals surface area contributed by atoms with E-state index in [1.54, 1.807) is 18.3 Å². The van der Waals surface area contributed by atoms with E-state index in [1.165, 1.54) is 0 Å². The Hall–Kier alpha value is -5.40. The Kier molecular flexibility index (Phi) is 7.08. The Bertz CT molecular complexity index is 1860. The number of aliphatic hydroxyl groups is 1. The molecule has 0 unspecified atom stereocenters. The maximum absolute atomic E-state index is 12.6. The van der Waals surface area contributed by atoms with E-state index in [-0.39, 0.29) is 12.5 Å². The normalized spacial score (nSPS) is 16.8. The van der Waals surface area contributed by atoms with E-state index in [0.29, 0.717) is 31.7 Å². The molecule has 0 radical (unpaired) electrons. The average Bonchev–Trinajstić information content (AvgIpc) is 3.78. The highest BCUT2D eigenvalue weighted by Gasteiger charge is 2.34. The van der Waals surface area contributed by atoms with Crippen molar-refractivity contribution >= 4 is 11.8 Å². The van der Waals surface area contributed by atoms with Gasteiger partial charge in [-0.2, -0.15) is 5.26 Å². The lowest BCUT2D eigenvalue weighted by atomic mass is 10.1. The monoisotopic (exact) mass is 585 g/mol. The minimum Gasteiger partial charge on any atom is -0.445 e. The smallest absolute Gasteiger partial charge is 0.409 e. The van der Waals surface area contributed by atoms with Crippen molar-refractivity contribution in [2.75, 3.05) is 31.6 Å². The zero-order valence-corrected chi connectivity index (χ0v) is 24.2. The molecule has 3 aromatic carbocycles. The number of benzene rings is 3. The molecule has 0 aliphatic carbocycles. The lowest BCUT2D eigenvalue weighted by Gasteiger charge is -2.23. The number of anilines is 1. The van der Waals surface area contributed by atoms with E-state index < -0.39 is 12.2 Å². The molecule has 0 bridgehead atoms. The second-order valence-corrected chi connectivity index (χ2v) is 11.4. The molecule has 0 spiro atoms. The minimum absolute atomic E-state index is 0.112. The van der Waals surface area contributed by atoms with Crippen molar-refractivity contribution in [1.82, 2.24) is 24.2 Å². The molecule has 7 rings (SSSR count). The zero-order valence-electron chi connectivity index (χ0n) is 24.2. The average molecular weight is 586 g/mol. The van der Waals surface area contributed by atoms with Gasteiger partial charge in [0.2, 0.25) is 0 Å². The van der Waals surface area contributed by atoms with Crippen LogP contribution in [-0.2, 0) is 17.9 Å². The van der Waals surface area contributed by atoms with Gasteiger partial charge in [0, 0.05) is 56.6 Å². The molecule has 44 heavy (non-hydrogen) atoms. The van der Waals surface area contributed by atoms with Crippen molar-refractivity contribution in [3.8, 4) is 34.4 Å². The highest BCUT2D eigenvalue weighted by Crippen LogP contribution is 2.36. The third-order valence-corrected chi connectivity index (χ3v) is 8.48. The molecule has 1 N–H and O–H groups in total. The van der Waals surface area contributed by atoms with Crippen LogP contribution in [0.2, 0.25) is 0 Å². The van der Waals surface area contributed by atoms with Gasteiger partial charge in [0.05, 0.1) is 29.1 Å². The zero-order chi connectivity index (χ0) is 30.2. The van der Waals surface area contributed by atoms with Gasteiger partial charge in [-0.3, -0.25) is 4.57 Å². The minimum atomic E-state index is -0.575. The summed E-state index contributed by atoms with van der Waals surface area (Å²) in [5.74, 6) is 0.647. The Labute approximate surface area is 255 Å². The van der Waals surface area contributed by atoms with Gasteiger partial charge in [-0.1, -0.05) is 42.5 Å². The number of nitriles is 1. The van der Waals surface area contributed by atoms with E-state index in [1.807, 2.05) is 59.2 Å². The van der Waals surface area contributed by atoms with E-state index in [0.717, 1.165) is 45.1 Å². The number of amides is 1. The Morgan fingerprint density at radius 2 is 1.89 bits per heavy atom. The molecular weight excluding hydrogens is 554 g/mol. The summed E-state index contributed by atoms with van der Waals surface area (Å²) in [6.07, 6.45) is 2.87. The second kappa shape index (κ2) is 11.4. The molecular formula is C34H31N7O3. The van der Waals surface area contributed by atoms with Crippen LogP contribution in [-0.4, -0.2) is 68.2 Å². The van der Waals surface area contributed by atoms with Gasteiger partial charge in [0.1, 0.15) is 12.9 Å². The van der Waals surface area contributed by atoms with Crippen LogP contribution in [0.15, 0.2) is 91.4 Å². The van der Waals surface area contributed by atoms with Crippen LogP contribution < -0.4 is 4.90 Å². The van der Waals surface area contributed by atoms with E-state index in [2.05, 4.69) is 56.2 Å². The largest absolute Gasteiger partial charge is 0.445 e. The van der Waals surface area contributed by atoms with Crippen LogP contribution in [0.3, 0.4) is 0 Å². The van der Waals surface area contributed by atoms with Gasteiger partial charge in [-0.25, -0.2) is 4.79 Å². The lowest BCUT2D eigenvalue weighted by molar-refractivity contribution is 0.0845. The molecule has 1 fully saturated rings. The molecule has 0 saturated carbocycles. The number of carbonyl (C=O) groups is 1. The third kappa shape index (κ3) is 5.18. The molecule has 2 aromatic heterocycles. The number of carbonyl (C=O) groups excluding carboxylic acids is 1. The first-order valence-electron chi connectivity index (χ1n) is 14.6. The fraction of sp³-hybridized carbons (Fsp3) is 0.235.